The van der Waals surface area contributed by atoms with Crippen molar-refractivity contribution in [1.29, 1.82) is 0 Å². The molecule has 1 fully saturated rings. The summed E-state index contributed by atoms with van der Waals surface area (Å²) in [7, 11) is 0. The van der Waals surface area contributed by atoms with E-state index in [1.54, 1.807) is 0 Å². The molecular weight excluding hydrogens is 152 g/mol. The summed E-state index contributed by atoms with van der Waals surface area (Å²) >= 11 is 0. The lowest BCUT2D eigenvalue weighted by Gasteiger charge is -2.33. The first-order valence-electron chi connectivity index (χ1n) is 4.76. The standard InChI is InChI=1S/C9H19N2O/c1-3-5-10-6-8-11(9-7-10)12-4-2/h1,3-9H2,2H3. The molecule has 3 nitrogen and oxygen atoms in total. The fraction of sp³-hybridized carbons (Fsp3) is 0.889. The SMILES string of the molecule is [CH2]CCN1CCN(OCC)CC1. The van der Waals surface area contributed by atoms with Gasteiger partial charge in [0.05, 0.1) is 6.61 Å². The van der Waals surface area contributed by atoms with E-state index in [1.807, 2.05) is 6.92 Å². The van der Waals surface area contributed by atoms with E-state index in [2.05, 4.69) is 16.9 Å². The maximum Gasteiger partial charge on any atom is 0.0656 e. The van der Waals surface area contributed by atoms with Gasteiger partial charge in [-0.3, -0.25) is 4.84 Å². The summed E-state index contributed by atoms with van der Waals surface area (Å²) in [5.41, 5.74) is 0. The second-order valence-electron chi connectivity index (χ2n) is 3.04. The fourth-order valence-corrected chi connectivity index (χ4v) is 1.49. The molecule has 0 amide bonds. The molecule has 71 valence electrons. The molecule has 1 heterocycles. The van der Waals surface area contributed by atoms with Crippen molar-refractivity contribution in [2.45, 2.75) is 13.3 Å². The summed E-state index contributed by atoms with van der Waals surface area (Å²) in [4.78, 5) is 7.83. The zero-order valence-corrected chi connectivity index (χ0v) is 7.96. The Bertz CT molecular complexity index is 97.1. The molecule has 3 heteroatoms. The van der Waals surface area contributed by atoms with Gasteiger partial charge in [-0.25, -0.2) is 0 Å². The summed E-state index contributed by atoms with van der Waals surface area (Å²) in [5, 5.41) is 2.06. The van der Waals surface area contributed by atoms with E-state index in [9.17, 15) is 0 Å². The van der Waals surface area contributed by atoms with E-state index in [0.717, 1.165) is 45.8 Å². The minimum atomic E-state index is 0.787. The van der Waals surface area contributed by atoms with Crippen molar-refractivity contribution in [3.63, 3.8) is 0 Å². The van der Waals surface area contributed by atoms with Crippen LogP contribution in [0.1, 0.15) is 13.3 Å². The van der Waals surface area contributed by atoms with Gasteiger partial charge in [-0.1, -0.05) is 6.92 Å². The van der Waals surface area contributed by atoms with Crippen molar-refractivity contribution < 1.29 is 4.84 Å². The van der Waals surface area contributed by atoms with E-state index >= 15 is 0 Å². The quantitative estimate of drug-likeness (QED) is 0.621. The summed E-state index contributed by atoms with van der Waals surface area (Å²) in [6.07, 6.45) is 1.01. The van der Waals surface area contributed by atoms with Crippen molar-refractivity contribution in [3.05, 3.63) is 6.92 Å². The lowest BCUT2D eigenvalue weighted by Crippen LogP contribution is -2.46. The van der Waals surface area contributed by atoms with Crippen LogP contribution in [0.2, 0.25) is 0 Å². The van der Waals surface area contributed by atoms with Gasteiger partial charge >= 0.3 is 0 Å². The van der Waals surface area contributed by atoms with Crippen molar-refractivity contribution in [2.75, 3.05) is 39.3 Å². The molecule has 1 radical (unpaired) electrons. The second kappa shape index (κ2) is 5.51. The van der Waals surface area contributed by atoms with Crippen LogP contribution in [-0.2, 0) is 4.84 Å². The van der Waals surface area contributed by atoms with E-state index in [4.69, 9.17) is 4.84 Å². The average molecular weight is 171 g/mol. The van der Waals surface area contributed by atoms with E-state index in [1.165, 1.54) is 0 Å². The molecule has 1 rings (SSSR count). The van der Waals surface area contributed by atoms with Gasteiger partial charge in [0.1, 0.15) is 0 Å². The van der Waals surface area contributed by atoms with E-state index in [0.29, 0.717) is 0 Å². The Kier molecular flexibility index (Phi) is 4.58. The maximum absolute atomic E-state index is 5.40. The molecule has 0 unspecified atom stereocenters. The zero-order chi connectivity index (χ0) is 8.81. The van der Waals surface area contributed by atoms with Gasteiger partial charge in [0.15, 0.2) is 0 Å². The molecule has 0 aromatic carbocycles. The Hall–Kier alpha value is -0.120. The third-order valence-corrected chi connectivity index (χ3v) is 2.12. The molecule has 0 aliphatic carbocycles. The molecule has 0 atom stereocenters. The van der Waals surface area contributed by atoms with Gasteiger partial charge in [-0.05, 0) is 19.9 Å². The number of rotatable bonds is 4. The minimum absolute atomic E-state index is 0.787. The Labute approximate surface area is 75.2 Å². The van der Waals surface area contributed by atoms with Crippen LogP contribution in [0.15, 0.2) is 0 Å². The van der Waals surface area contributed by atoms with E-state index in [-0.39, 0.29) is 0 Å². The number of hydroxylamine groups is 2. The van der Waals surface area contributed by atoms with Gasteiger partial charge in [0.2, 0.25) is 0 Å². The molecule has 0 N–H and O–H groups in total. The normalized spacial score (nSPS) is 21.5. The molecule has 1 saturated heterocycles. The third kappa shape index (κ3) is 3.09. The first-order chi connectivity index (χ1) is 5.86. The highest BCUT2D eigenvalue weighted by molar-refractivity contribution is 4.67. The molecule has 0 saturated carbocycles. The number of nitrogens with zero attached hydrogens (tertiary/aromatic N) is 2. The van der Waals surface area contributed by atoms with E-state index < -0.39 is 0 Å². The van der Waals surface area contributed by atoms with Gasteiger partial charge in [0.25, 0.3) is 0 Å². The monoisotopic (exact) mass is 171 g/mol. The zero-order valence-electron chi connectivity index (χ0n) is 7.96. The van der Waals surface area contributed by atoms with Crippen LogP contribution in [0.3, 0.4) is 0 Å². The lowest BCUT2D eigenvalue weighted by atomic mass is 10.3. The predicted molar refractivity (Wildman–Crippen MR) is 49.6 cm³/mol. The highest BCUT2D eigenvalue weighted by atomic mass is 16.7. The maximum atomic E-state index is 5.40. The second-order valence-corrected chi connectivity index (χ2v) is 3.04. The van der Waals surface area contributed by atoms with Crippen LogP contribution < -0.4 is 0 Å². The highest BCUT2D eigenvalue weighted by Gasteiger charge is 2.15. The molecule has 1 aliphatic heterocycles. The first-order valence-corrected chi connectivity index (χ1v) is 4.76. The first kappa shape index (κ1) is 9.96. The van der Waals surface area contributed by atoms with Gasteiger partial charge in [-0.15, -0.1) is 0 Å². The highest BCUT2D eigenvalue weighted by Crippen LogP contribution is 2.02. The predicted octanol–water partition coefficient (Wildman–Crippen LogP) is 0.780. The van der Waals surface area contributed by atoms with Crippen LogP contribution in [0.5, 0.6) is 0 Å². The minimum Gasteiger partial charge on any atom is -0.301 e. The van der Waals surface area contributed by atoms with Crippen molar-refractivity contribution in [3.8, 4) is 0 Å². The van der Waals surface area contributed by atoms with Crippen molar-refractivity contribution >= 4 is 0 Å². The van der Waals surface area contributed by atoms with Crippen LogP contribution in [-0.4, -0.2) is 49.3 Å². The smallest absolute Gasteiger partial charge is 0.0656 e. The Morgan fingerprint density at radius 2 is 1.92 bits per heavy atom. The van der Waals surface area contributed by atoms with Crippen molar-refractivity contribution in [2.24, 2.45) is 0 Å². The van der Waals surface area contributed by atoms with Gasteiger partial charge in [0, 0.05) is 26.2 Å². The summed E-state index contributed by atoms with van der Waals surface area (Å²) in [5.74, 6) is 0. The molecule has 12 heavy (non-hydrogen) atoms. The molecule has 0 aromatic heterocycles. The Morgan fingerprint density at radius 3 is 2.42 bits per heavy atom. The number of piperazine rings is 1. The van der Waals surface area contributed by atoms with Crippen LogP contribution in [0, 0.1) is 6.92 Å². The number of hydrogen-bond acceptors (Lipinski definition) is 3. The van der Waals surface area contributed by atoms with Gasteiger partial charge < -0.3 is 4.90 Å². The van der Waals surface area contributed by atoms with Crippen molar-refractivity contribution in [1.82, 2.24) is 9.96 Å². The largest absolute Gasteiger partial charge is 0.301 e. The summed E-state index contributed by atoms with van der Waals surface area (Å²) < 4.78 is 0. The van der Waals surface area contributed by atoms with Gasteiger partial charge in [-0.2, -0.15) is 5.06 Å². The molecule has 1 aliphatic rings. The fourth-order valence-electron chi connectivity index (χ4n) is 1.49. The Morgan fingerprint density at radius 1 is 1.25 bits per heavy atom. The van der Waals surface area contributed by atoms with Crippen LogP contribution >= 0.6 is 0 Å². The summed E-state index contributed by atoms with van der Waals surface area (Å²) in [6.45, 7) is 12.1. The van der Waals surface area contributed by atoms with Crippen LogP contribution in [0.25, 0.3) is 0 Å². The molecule has 0 spiro atoms. The number of hydrogen-bond donors (Lipinski definition) is 0. The summed E-state index contributed by atoms with van der Waals surface area (Å²) in [6, 6.07) is 0. The molecule has 0 bridgehead atoms. The molecular formula is C9H19N2O. The molecule has 0 aromatic rings. The Balaban J connectivity index is 2.11. The van der Waals surface area contributed by atoms with Crippen LogP contribution in [0.4, 0.5) is 0 Å². The third-order valence-electron chi connectivity index (χ3n) is 2.12. The topological polar surface area (TPSA) is 15.7 Å². The lowest BCUT2D eigenvalue weighted by molar-refractivity contribution is -0.172. The average Bonchev–Trinajstić information content (AvgIpc) is 2.09.